The molecule has 1 aliphatic heterocycles. The zero-order valence-corrected chi connectivity index (χ0v) is 11.2. The van der Waals surface area contributed by atoms with Gasteiger partial charge in [0.15, 0.2) is 0 Å². The number of aliphatic hydroxyl groups is 1. The predicted molar refractivity (Wildman–Crippen MR) is 72.4 cm³/mol. The average Bonchev–Trinajstić information content (AvgIpc) is 2.67. The lowest BCUT2D eigenvalue weighted by Gasteiger charge is -2.27. The van der Waals surface area contributed by atoms with Gasteiger partial charge in [-0.3, -0.25) is 0 Å². The van der Waals surface area contributed by atoms with Gasteiger partial charge in [0.1, 0.15) is 0 Å². The first-order valence-electron chi connectivity index (χ1n) is 6.51. The summed E-state index contributed by atoms with van der Waals surface area (Å²) < 4.78 is 0. The van der Waals surface area contributed by atoms with Crippen LogP contribution < -0.4 is 4.90 Å². The molecule has 0 bridgehead atoms. The van der Waals surface area contributed by atoms with Crippen LogP contribution in [0.4, 0.5) is 5.69 Å². The van der Waals surface area contributed by atoms with Crippen molar-refractivity contribution < 1.29 is 5.11 Å². The monoisotopic (exact) mass is 244 g/mol. The Labute approximate surface area is 109 Å². The molecule has 0 radical (unpaired) electrons. The van der Waals surface area contributed by atoms with Crippen LogP contribution in [0.3, 0.4) is 0 Å². The lowest BCUT2D eigenvalue weighted by atomic mass is 10.0. The molecular formula is C15H20N2O. The molecule has 3 nitrogen and oxygen atoms in total. The molecule has 0 aromatic heterocycles. The van der Waals surface area contributed by atoms with Crippen molar-refractivity contribution in [2.75, 3.05) is 11.4 Å². The maximum Gasteiger partial charge on any atom is 0.0992 e. The number of nitrogens with zero attached hydrogens (tertiary/aromatic N) is 2. The molecule has 2 unspecified atom stereocenters. The molecular weight excluding hydrogens is 224 g/mol. The van der Waals surface area contributed by atoms with E-state index >= 15 is 0 Å². The second-order valence-electron chi connectivity index (χ2n) is 5.40. The van der Waals surface area contributed by atoms with Crippen molar-refractivity contribution in [2.45, 2.75) is 39.3 Å². The first-order chi connectivity index (χ1) is 8.52. The molecule has 3 atom stereocenters. The predicted octanol–water partition coefficient (Wildman–Crippen LogP) is 2.85. The van der Waals surface area contributed by atoms with Crippen LogP contribution in [0, 0.1) is 17.2 Å². The maximum atomic E-state index is 9.87. The molecule has 0 saturated carbocycles. The highest BCUT2D eigenvalue weighted by molar-refractivity contribution is 5.59. The Morgan fingerprint density at radius 1 is 1.44 bits per heavy atom. The van der Waals surface area contributed by atoms with Gasteiger partial charge in [0.25, 0.3) is 0 Å². The Hall–Kier alpha value is -1.53. The second-order valence-corrected chi connectivity index (χ2v) is 5.40. The Morgan fingerprint density at radius 3 is 2.67 bits per heavy atom. The van der Waals surface area contributed by atoms with E-state index in [-0.39, 0.29) is 0 Å². The van der Waals surface area contributed by atoms with Gasteiger partial charge in [0, 0.05) is 23.8 Å². The van der Waals surface area contributed by atoms with Crippen molar-refractivity contribution in [1.82, 2.24) is 0 Å². The number of hydrogen-bond acceptors (Lipinski definition) is 3. The van der Waals surface area contributed by atoms with Gasteiger partial charge >= 0.3 is 0 Å². The molecule has 2 rings (SSSR count). The van der Waals surface area contributed by atoms with Crippen LogP contribution in [0.15, 0.2) is 18.2 Å². The van der Waals surface area contributed by atoms with E-state index in [1.165, 1.54) is 0 Å². The normalized spacial score (nSPS) is 24.9. The molecule has 3 heteroatoms. The van der Waals surface area contributed by atoms with Gasteiger partial charge in [-0.2, -0.15) is 5.26 Å². The van der Waals surface area contributed by atoms with Crippen LogP contribution >= 0.6 is 0 Å². The van der Waals surface area contributed by atoms with Crippen LogP contribution in [0.2, 0.25) is 0 Å². The fraction of sp³-hybridized carbons (Fsp3) is 0.533. The molecule has 1 aromatic rings. The van der Waals surface area contributed by atoms with Gasteiger partial charge in [0.2, 0.25) is 0 Å². The minimum Gasteiger partial charge on any atom is -0.389 e. The Balaban J connectivity index is 2.44. The van der Waals surface area contributed by atoms with Crippen molar-refractivity contribution in [3.8, 4) is 6.07 Å². The zero-order chi connectivity index (χ0) is 13.3. The van der Waals surface area contributed by atoms with Crippen molar-refractivity contribution in [3.05, 3.63) is 29.3 Å². The molecule has 1 N–H and O–H groups in total. The van der Waals surface area contributed by atoms with Crippen LogP contribution in [-0.2, 0) is 0 Å². The molecule has 0 amide bonds. The van der Waals surface area contributed by atoms with Crippen LogP contribution in [0.1, 0.15) is 44.4 Å². The summed E-state index contributed by atoms with van der Waals surface area (Å²) in [5, 5.41) is 18.9. The Bertz CT molecular complexity index is 476. The van der Waals surface area contributed by atoms with Crippen molar-refractivity contribution in [3.63, 3.8) is 0 Å². The Morgan fingerprint density at radius 2 is 2.17 bits per heavy atom. The van der Waals surface area contributed by atoms with E-state index in [2.05, 4.69) is 24.8 Å². The second kappa shape index (κ2) is 4.99. The molecule has 96 valence electrons. The highest BCUT2D eigenvalue weighted by atomic mass is 16.3. The van der Waals surface area contributed by atoms with Gasteiger partial charge in [0.05, 0.1) is 17.7 Å². The van der Waals surface area contributed by atoms with Gasteiger partial charge in [-0.15, -0.1) is 0 Å². The van der Waals surface area contributed by atoms with Crippen molar-refractivity contribution in [1.29, 1.82) is 5.26 Å². The van der Waals surface area contributed by atoms with E-state index in [0.717, 1.165) is 24.2 Å². The highest BCUT2D eigenvalue weighted by Gasteiger charge is 2.28. The van der Waals surface area contributed by atoms with E-state index in [0.29, 0.717) is 17.5 Å². The summed E-state index contributed by atoms with van der Waals surface area (Å²) in [6, 6.07) is 8.18. The smallest absolute Gasteiger partial charge is 0.0992 e. The van der Waals surface area contributed by atoms with E-state index in [4.69, 9.17) is 5.26 Å². The maximum absolute atomic E-state index is 9.87. The van der Waals surface area contributed by atoms with Gasteiger partial charge in [-0.05, 0) is 38.3 Å². The van der Waals surface area contributed by atoms with Crippen LogP contribution in [0.5, 0.6) is 0 Å². The quantitative estimate of drug-likeness (QED) is 0.870. The minimum atomic E-state index is -0.504. The molecule has 1 aromatic carbocycles. The Kier molecular flexibility index (Phi) is 3.58. The number of anilines is 1. The highest BCUT2D eigenvalue weighted by Crippen LogP contribution is 2.34. The molecule has 1 fully saturated rings. The molecule has 1 saturated heterocycles. The largest absolute Gasteiger partial charge is 0.389 e. The molecule has 0 aliphatic carbocycles. The zero-order valence-electron chi connectivity index (χ0n) is 11.2. The average molecular weight is 244 g/mol. The lowest BCUT2D eigenvalue weighted by Crippen LogP contribution is -2.28. The molecule has 1 heterocycles. The van der Waals surface area contributed by atoms with Crippen molar-refractivity contribution >= 4 is 5.69 Å². The number of rotatable bonds is 2. The van der Waals surface area contributed by atoms with Crippen LogP contribution in [0.25, 0.3) is 0 Å². The van der Waals surface area contributed by atoms with Crippen molar-refractivity contribution in [2.24, 2.45) is 5.92 Å². The summed E-state index contributed by atoms with van der Waals surface area (Å²) in [5.74, 6) is 0.660. The third-order valence-electron chi connectivity index (χ3n) is 3.70. The summed E-state index contributed by atoms with van der Waals surface area (Å²) in [7, 11) is 0. The van der Waals surface area contributed by atoms with E-state index in [1.807, 2.05) is 12.1 Å². The summed E-state index contributed by atoms with van der Waals surface area (Å²) in [4.78, 5) is 2.31. The summed E-state index contributed by atoms with van der Waals surface area (Å²) >= 11 is 0. The first kappa shape index (κ1) is 12.9. The number of aliphatic hydroxyl groups excluding tert-OH is 1. The van der Waals surface area contributed by atoms with E-state index < -0.39 is 6.10 Å². The first-order valence-corrected chi connectivity index (χ1v) is 6.51. The van der Waals surface area contributed by atoms with Gasteiger partial charge < -0.3 is 10.0 Å². The van der Waals surface area contributed by atoms with Crippen LogP contribution in [-0.4, -0.2) is 17.7 Å². The molecule has 18 heavy (non-hydrogen) atoms. The third kappa shape index (κ3) is 2.34. The summed E-state index contributed by atoms with van der Waals surface area (Å²) in [6.45, 7) is 7.21. The van der Waals surface area contributed by atoms with Gasteiger partial charge in [-0.1, -0.05) is 13.0 Å². The molecule has 1 aliphatic rings. The molecule has 0 spiro atoms. The minimum absolute atomic E-state index is 0.464. The number of nitriles is 1. The lowest BCUT2D eigenvalue weighted by molar-refractivity contribution is 0.199. The number of hydrogen-bond donors (Lipinski definition) is 1. The standard InChI is InChI=1S/C15H20N2O/c1-10-6-11(2)17(9-10)15-7-13(8-16)4-5-14(15)12(3)18/h4-5,7,10-12,18H,6,9H2,1-3H3/t10?,11?,12-/m1/s1. The SMILES string of the molecule is CC1CC(C)N(c2cc(C#N)ccc2[C@@H](C)O)C1. The fourth-order valence-electron chi connectivity index (χ4n) is 2.85. The third-order valence-corrected chi connectivity index (χ3v) is 3.70. The van der Waals surface area contributed by atoms with Gasteiger partial charge in [-0.25, -0.2) is 0 Å². The topological polar surface area (TPSA) is 47.3 Å². The van der Waals surface area contributed by atoms with E-state index in [9.17, 15) is 5.11 Å². The summed E-state index contributed by atoms with van der Waals surface area (Å²) in [5.41, 5.74) is 2.58. The fourth-order valence-corrected chi connectivity index (χ4v) is 2.85. The summed E-state index contributed by atoms with van der Waals surface area (Å²) in [6.07, 6.45) is 0.659. The van der Waals surface area contributed by atoms with E-state index in [1.54, 1.807) is 13.0 Å². The number of benzene rings is 1.